The SMILES string of the molecule is CCCCCCCCCCCc1ccc2c(CCCCCCCCCCC)c(S(=O)(=O)[O-])ccc2c1.CCCCCCCCCCCc1ccc2c(CCCCCCCCCCC)c(S(=O)(=O)[O-])ccc2c1.[Ca+2]. The number of hydrogen-bond donors (Lipinski definition) is 0. The van der Waals surface area contributed by atoms with Crippen molar-refractivity contribution in [2.75, 3.05) is 0 Å². The molecule has 0 bridgehead atoms. The first kappa shape index (κ1) is 67.6. The van der Waals surface area contributed by atoms with Crippen LogP contribution < -0.4 is 0 Å². The van der Waals surface area contributed by atoms with Crippen molar-refractivity contribution in [1.29, 1.82) is 0 Å². The molecule has 0 spiro atoms. The average Bonchev–Trinajstić information content (AvgIpc) is 3.36. The van der Waals surface area contributed by atoms with E-state index in [1.54, 1.807) is 0 Å². The van der Waals surface area contributed by atoms with Gasteiger partial charge in [0.05, 0.1) is 9.79 Å². The maximum atomic E-state index is 12.0. The van der Waals surface area contributed by atoms with Gasteiger partial charge in [0.15, 0.2) is 0 Å². The van der Waals surface area contributed by atoms with Crippen LogP contribution in [0.15, 0.2) is 70.5 Å². The molecule has 0 aliphatic carbocycles. The van der Waals surface area contributed by atoms with E-state index in [0.717, 1.165) is 71.2 Å². The second-order valence-electron chi connectivity index (χ2n) is 21.4. The molecule has 0 saturated heterocycles. The summed E-state index contributed by atoms with van der Waals surface area (Å²) < 4.78 is 71.8. The Morgan fingerprint density at radius 3 is 0.781 bits per heavy atom. The van der Waals surface area contributed by atoms with Gasteiger partial charge in [-0.1, -0.05) is 282 Å². The van der Waals surface area contributed by atoms with E-state index in [4.69, 9.17) is 0 Å². The van der Waals surface area contributed by atoms with Crippen LogP contribution in [-0.2, 0) is 45.9 Å². The molecule has 9 heteroatoms. The molecule has 408 valence electrons. The molecular weight excluding hydrogens is 969 g/mol. The fraction of sp³-hybridized carbons (Fsp3) is 0.688. The third-order valence-corrected chi connectivity index (χ3v) is 16.9. The van der Waals surface area contributed by atoms with Crippen LogP contribution in [0.2, 0.25) is 0 Å². The quantitative estimate of drug-likeness (QED) is 0.0248. The van der Waals surface area contributed by atoms with Crippen LogP contribution in [0.25, 0.3) is 21.5 Å². The molecule has 4 aromatic rings. The zero-order valence-corrected chi connectivity index (χ0v) is 50.9. The number of hydrogen-bond acceptors (Lipinski definition) is 6. The Bertz CT molecular complexity index is 2100. The number of rotatable bonds is 42. The van der Waals surface area contributed by atoms with Gasteiger partial charge in [-0.05, 0) is 107 Å². The first-order valence-electron chi connectivity index (χ1n) is 29.9. The third-order valence-electron chi connectivity index (χ3n) is 15.0. The van der Waals surface area contributed by atoms with Crippen LogP contribution in [0.5, 0.6) is 0 Å². The predicted molar refractivity (Wildman–Crippen MR) is 313 cm³/mol. The van der Waals surface area contributed by atoms with E-state index in [1.807, 2.05) is 12.1 Å². The molecule has 0 radical (unpaired) electrons. The molecule has 6 nitrogen and oxygen atoms in total. The summed E-state index contributed by atoms with van der Waals surface area (Å²) in [5, 5.41) is 3.98. The second kappa shape index (κ2) is 41.6. The Balaban J connectivity index is 0.000000493. The molecule has 0 atom stereocenters. The van der Waals surface area contributed by atoms with Crippen LogP contribution in [0.3, 0.4) is 0 Å². The average molecular weight is 1070 g/mol. The Morgan fingerprint density at radius 1 is 0.301 bits per heavy atom. The van der Waals surface area contributed by atoms with Crippen molar-refractivity contribution in [3.8, 4) is 0 Å². The Morgan fingerprint density at radius 2 is 0.534 bits per heavy atom. The van der Waals surface area contributed by atoms with E-state index in [9.17, 15) is 25.9 Å². The van der Waals surface area contributed by atoms with Gasteiger partial charge in [0, 0.05) is 0 Å². The maximum Gasteiger partial charge on any atom is 2.00 e. The van der Waals surface area contributed by atoms with E-state index in [0.29, 0.717) is 12.8 Å². The van der Waals surface area contributed by atoms with Gasteiger partial charge in [-0.2, -0.15) is 0 Å². The molecule has 4 aromatic carbocycles. The Kier molecular flexibility index (Phi) is 38.5. The minimum atomic E-state index is -4.48. The molecule has 4 rings (SSSR count). The van der Waals surface area contributed by atoms with Crippen molar-refractivity contribution >= 4 is 79.5 Å². The fourth-order valence-corrected chi connectivity index (χ4v) is 12.1. The Hall–Kier alpha value is -1.52. The van der Waals surface area contributed by atoms with Gasteiger partial charge in [-0.3, -0.25) is 0 Å². The molecular formula is C64H102CaO6S2. The van der Waals surface area contributed by atoms with Crippen molar-refractivity contribution in [3.63, 3.8) is 0 Å². The summed E-state index contributed by atoms with van der Waals surface area (Å²) in [4.78, 5) is -0.0532. The number of benzene rings is 4. The first-order chi connectivity index (χ1) is 34.9. The zero-order chi connectivity index (χ0) is 52.1. The molecule has 0 N–H and O–H groups in total. The number of aryl methyl sites for hydroxylation is 4. The predicted octanol–water partition coefficient (Wildman–Crippen LogP) is 19.4. The normalized spacial score (nSPS) is 11.8. The van der Waals surface area contributed by atoms with Crippen molar-refractivity contribution in [2.45, 2.75) is 294 Å². The molecule has 0 fully saturated rings. The van der Waals surface area contributed by atoms with E-state index >= 15 is 0 Å². The van der Waals surface area contributed by atoms with Crippen LogP contribution in [0.4, 0.5) is 0 Å². The van der Waals surface area contributed by atoms with Crippen molar-refractivity contribution in [2.24, 2.45) is 0 Å². The molecule has 0 amide bonds. The smallest absolute Gasteiger partial charge is 0.744 e. The van der Waals surface area contributed by atoms with Gasteiger partial charge in [-0.25, -0.2) is 16.8 Å². The van der Waals surface area contributed by atoms with E-state index in [1.165, 1.54) is 229 Å². The maximum absolute atomic E-state index is 12.0. The summed E-state index contributed by atoms with van der Waals surface area (Å²) >= 11 is 0. The number of unbranched alkanes of at least 4 members (excludes halogenated alkanes) is 32. The molecule has 0 heterocycles. The summed E-state index contributed by atoms with van der Waals surface area (Å²) in [5.74, 6) is 0. The van der Waals surface area contributed by atoms with Crippen LogP contribution in [0.1, 0.15) is 281 Å². The van der Waals surface area contributed by atoms with Crippen LogP contribution >= 0.6 is 0 Å². The van der Waals surface area contributed by atoms with Gasteiger partial charge < -0.3 is 9.11 Å². The largest absolute Gasteiger partial charge is 2.00 e. The minimum absolute atomic E-state index is 0. The van der Waals surface area contributed by atoms with Gasteiger partial charge in [0.1, 0.15) is 20.2 Å². The van der Waals surface area contributed by atoms with Crippen LogP contribution in [0, 0.1) is 0 Å². The van der Waals surface area contributed by atoms with Gasteiger partial charge in [0.25, 0.3) is 0 Å². The summed E-state index contributed by atoms with van der Waals surface area (Å²) in [5.41, 5.74) is 4.05. The standard InChI is InChI=1S/2C32H52O3S.Ca/c2*1-3-5-7-9-11-13-15-17-19-21-28-23-25-30-29(27-28)24-26-32(36(33,34)35)31(30)22-20-18-16-14-12-10-8-6-4-2;/h2*23-27H,3-22H2,1-2H3,(H,33,34,35);/q;;+2/p-2. The Labute approximate surface area is 478 Å². The van der Waals surface area contributed by atoms with Crippen molar-refractivity contribution in [3.05, 3.63) is 82.9 Å². The van der Waals surface area contributed by atoms with Crippen LogP contribution in [-0.4, -0.2) is 63.7 Å². The van der Waals surface area contributed by atoms with Gasteiger partial charge >= 0.3 is 37.7 Å². The molecule has 0 saturated carbocycles. The monoisotopic (exact) mass is 1070 g/mol. The van der Waals surface area contributed by atoms with E-state index < -0.39 is 20.2 Å². The minimum Gasteiger partial charge on any atom is -0.744 e. The number of fused-ring (bicyclic) bond motifs is 2. The molecule has 0 aromatic heterocycles. The second-order valence-corrected chi connectivity index (χ2v) is 24.1. The van der Waals surface area contributed by atoms with E-state index in [2.05, 4.69) is 64.1 Å². The molecule has 0 aliphatic heterocycles. The van der Waals surface area contributed by atoms with Crippen molar-refractivity contribution in [1.82, 2.24) is 0 Å². The summed E-state index contributed by atoms with van der Waals surface area (Å²) in [6, 6.07) is 19.5. The fourth-order valence-electron chi connectivity index (χ4n) is 10.6. The third kappa shape index (κ3) is 29.2. The summed E-state index contributed by atoms with van der Waals surface area (Å²) in [6.07, 6.45) is 49.2. The first-order valence-corrected chi connectivity index (χ1v) is 32.8. The molecule has 73 heavy (non-hydrogen) atoms. The molecule has 0 unspecified atom stereocenters. The van der Waals surface area contributed by atoms with Crippen molar-refractivity contribution < 1.29 is 25.9 Å². The topological polar surface area (TPSA) is 114 Å². The summed E-state index contributed by atoms with van der Waals surface area (Å²) in [7, 11) is -8.95. The molecule has 0 aliphatic rings. The van der Waals surface area contributed by atoms with Gasteiger partial charge in [-0.15, -0.1) is 0 Å². The summed E-state index contributed by atoms with van der Waals surface area (Å²) in [6.45, 7) is 9.00. The van der Waals surface area contributed by atoms with Gasteiger partial charge in [0.2, 0.25) is 0 Å². The van der Waals surface area contributed by atoms with E-state index in [-0.39, 0.29) is 47.5 Å². The zero-order valence-electron chi connectivity index (χ0n) is 47.0.